The second-order valence-corrected chi connectivity index (χ2v) is 4.59. The van der Waals surface area contributed by atoms with E-state index in [0.717, 1.165) is 31.7 Å². The summed E-state index contributed by atoms with van der Waals surface area (Å²) in [6, 6.07) is 10.8. The Morgan fingerprint density at radius 3 is 2.53 bits per heavy atom. The predicted octanol–water partition coefficient (Wildman–Crippen LogP) is 1.74. The molecule has 1 aromatic rings. The van der Waals surface area contributed by atoms with Crippen LogP contribution in [-0.4, -0.2) is 30.6 Å². The molecule has 90 valence electrons. The van der Waals surface area contributed by atoms with Crippen LogP contribution in [0, 0.1) is 11.3 Å². The van der Waals surface area contributed by atoms with Crippen molar-refractivity contribution < 1.29 is 0 Å². The van der Waals surface area contributed by atoms with E-state index in [2.05, 4.69) is 35.3 Å². The van der Waals surface area contributed by atoms with Gasteiger partial charge in [0.1, 0.15) is 0 Å². The zero-order chi connectivity index (χ0) is 12.1. The molecule has 0 unspecified atom stereocenters. The maximum Gasteiger partial charge on any atom is 0.0991 e. The molecule has 3 heteroatoms. The van der Waals surface area contributed by atoms with Gasteiger partial charge in [-0.15, -0.1) is 0 Å². The molecular formula is C14H19N3. The lowest BCUT2D eigenvalue weighted by atomic mass is 10.1. The van der Waals surface area contributed by atoms with Crippen molar-refractivity contribution in [1.29, 1.82) is 5.26 Å². The molecule has 0 aromatic heterocycles. The molecule has 0 aliphatic carbocycles. The van der Waals surface area contributed by atoms with Crippen LogP contribution in [0.25, 0.3) is 0 Å². The average Bonchev–Trinajstić information content (AvgIpc) is 2.28. The van der Waals surface area contributed by atoms with Crippen molar-refractivity contribution in [1.82, 2.24) is 10.2 Å². The third kappa shape index (κ3) is 3.06. The number of nitriles is 1. The Morgan fingerprint density at radius 1 is 1.35 bits per heavy atom. The van der Waals surface area contributed by atoms with Crippen molar-refractivity contribution in [3.05, 3.63) is 35.4 Å². The van der Waals surface area contributed by atoms with Crippen molar-refractivity contribution in [2.24, 2.45) is 0 Å². The Labute approximate surface area is 103 Å². The van der Waals surface area contributed by atoms with E-state index in [1.807, 2.05) is 12.1 Å². The summed E-state index contributed by atoms with van der Waals surface area (Å²) in [5.74, 6) is 0. The minimum Gasteiger partial charge on any atom is -0.314 e. The van der Waals surface area contributed by atoms with E-state index in [4.69, 9.17) is 5.26 Å². The van der Waals surface area contributed by atoms with Crippen LogP contribution in [0.1, 0.15) is 24.5 Å². The molecule has 1 aliphatic rings. The lowest BCUT2D eigenvalue weighted by Gasteiger charge is -2.38. The maximum absolute atomic E-state index is 8.76. The van der Waals surface area contributed by atoms with Gasteiger partial charge in [-0.3, -0.25) is 4.90 Å². The first-order valence-corrected chi connectivity index (χ1v) is 6.27. The molecule has 1 fully saturated rings. The molecule has 0 atom stereocenters. The fraction of sp³-hybridized carbons (Fsp3) is 0.500. The normalized spacial score (nSPS) is 15.6. The lowest BCUT2D eigenvalue weighted by molar-refractivity contribution is 0.138. The molecule has 1 N–H and O–H groups in total. The van der Waals surface area contributed by atoms with E-state index in [0.29, 0.717) is 6.04 Å². The maximum atomic E-state index is 8.76. The van der Waals surface area contributed by atoms with Crippen molar-refractivity contribution >= 4 is 0 Å². The number of hydrogen-bond acceptors (Lipinski definition) is 3. The molecular weight excluding hydrogens is 210 g/mol. The largest absolute Gasteiger partial charge is 0.314 e. The van der Waals surface area contributed by atoms with Gasteiger partial charge in [0.05, 0.1) is 11.6 Å². The van der Waals surface area contributed by atoms with Crippen molar-refractivity contribution in [2.45, 2.75) is 25.9 Å². The summed E-state index contributed by atoms with van der Waals surface area (Å²) < 4.78 is 0. The van der Waals surface area contributed by atoms with E-state index >= 15 is 0 Å². The first-order valence-electron chi connectivity index (χ1n) is 6.27. The van der Waals surface area contributed by atoms with Gasteiger partial charge in [-0.1, -0.05) is 19.1 Å². The van der Waals surface area contributed by atoms with Gasteiger partial charge in [0.15, 0.2) is 0 Å². The fourth-order valence-corrected chi connectivity index (χ4v) is 2.13. The zero-order valence-corrected chi connectivity index (χ0v) is 10.3. The molecule has 1 aliphatic heterocycles. The predicted molar refractivity (Wildman–Crippen MR) is 68.5 cm³/mol. The second kappa shape index (κ2) is 5.81. The van der Waals surface area contributed by atoms with Crippen molar-refractivity contribution in [2.75, 3.05) is 19.6 Å². The smallest absolute Gasteiger partial charge is 0.0991 e. The van der Waals surface area contributed by atoms with E-state index < -0.39 is 0 Å². The summed E-state index contributed by atoms with van der Waals surface area (Å²) in [6.45, 7) is 6.57. The summed E-state index contributed by atoms with van der Waals surface area (Å²) in [5.41, 5.74) is 2.03. The Balaban J connectivity index is 1.98. The van der Waals surface area contributed by atoms with Gasteiger partial charge in [0.2, 0.25) is 0 Å². The third-order valence-electron chi connectivity index (χ3n) is 3.26. The molecule has 1 aromatic carbocycles. The fourth-order valence-electron chi connectivity index (χ4n) is 2.13. The van der Waals surface area contributed by atoms with Crippen LogP contribution in [-0.2, 0) is 6.54 Å². The van der Waals surface area contributed by atoms with Gasteiger partial charge >= 0.3 is 0 Å². The van der Waals surface area contributed by atoms with Crippen LogP contribution >= 0.6 is 0 Å². The average molecular weight is 229 g/mol. The molecule has 0 bridgehead atoms. The SMILES string of the molecule is CCCN(Cc1ccc(C#N)cc1)C1CNC1. The molecule has 0 spiro atoms. The zero-order valence-electron chi connectivity index (χ0n) is 10.3. The van der Waals surface area contributed by atoms with Crippen LogP contribution in [0.4, 0.5) is 0 Å². The van der Waals surface area contributed by atoms with Crippen LogP contribution in [0.5, 0.6) is 0 Å². The summed E-state index contributed by atoms with van der Waals surface area (Å²) in [4.78, 5) is 2.53. The number of nitrogens with zero attached hydrogens (tertiary/aromatic N) is 2. The van der Waals surface area contributed by atoms with Gasteiger partial charge < -0.3 is 5.32 Å². The Hall–Kier alpha value is -1.37. The molecule has 0 saturated carbocycles. The van der Waals surface area contributed by atoms with Crippen molar-refractivity contribution in [3.63, 3.8) is 0 Å². The Bertz CT molecular complexity index is 387. The van der Waals surface area contributed by atoms with Gasteiger partial charge in [0.25, 0.3) is 0 Å². The monoisotopic (exact) mass is 229 g/mol. The summed E-state index contributed by atoms with van der Waals surface area (Å²) in [5, 5.41) is 12.1. The molecule has 0 radical (unpaired) electrons. The number of rotatable bonds is 5. The molecule has 2 rings (SSSR count). The Kier molecular flexibility index (Phi) is 4.13. The molecule has 1 saturated heterocycles. The summed E-state index contributed by atoms with van der Waals surface area (Å²) >= 11 is 0. The van der Waals surface area contributed by atoms with Gasteiger partial charge in [-0.25, -0.2) is 0 Å². The lowest BCUT2D eigenvalue weighted by Crippen LogP contribution is -2.56. The highest BCUT2D eigenvalue weighted by Gasteiger charge is 2.23. The summed E-state index contributed by atoms with van der Waals surface area (Å²) in [6.07, 6.45) is 1.19. The topological polar surface area (TPSA) is 39.1 Å². The minimum absolute atomic E-state index is 0.686. The van der Waals surface area contributed by atoms with E-state index in [1.54, 1.807) is 0 Å². The highest BCUT2D eigenvalue weighted by Crippen LogP contribution is 2.12. The molecule has 0 amide bonds. The number of hydrogen-bond donors (Lipinski definition) is 1. The second-order valence-electron chi connectivity index (χ2n) is 4.59. The number of nitrogens with one attached hydrogen (secondary N) is 1. The molecule has 1 heterocycles. The van der Waals surface area contributed by atoms with Crippen LogP contribution in [0.15, 0.2) is 24.3 Å². The summed E-state index contributed by atoms with van der Waals surface area (Å²) in [7, 11) is 0. The van der Waals surface area contributed by atoms with E-state index in [1.165, 1.54) is 12.0 Å². The van der Waals surface area contributed by atoms with E-state index in [9.17, 15) is 0 Å². The van der Waals surface area contributed by atoms with Gasteiger partial charge in [-0.2, -0.15) is 5.26 Å². The Morgan fingerprint density at radius 2 is 2.06 bits per heavy atom. The standard InChI is InChI=1S/C14H19N3/c1-2-7-17(14-9-16-10-14)11-13-5-3-12(8-15)4-6-13/h3-6,14,16H,2,7,9-11H2,1H3. The highest BCUT2D eigenvalue weighted by molar-refractivity contribution is 5.31. The molecule has 3 nitrogen and oxygen atoms in total. The van der Waals surface area contributed by atoms with E-state index in [-0.39, 0.29) is 0 Å². The quantitative estimate of drug-likeness (QED) is 0.836. The minimum atomic E-state index is 0.686. The first kappa shape index (κ1) is 12.1. The van der Waals surface area contributed by atoms with Gasteiger partial charge in [-0.05, 0) is 30.7 Å². The highest BCUT2D eigenvalue weighted by atomic mass is 15.2. The van der Waals surface area contributed by atoms with Crippen LogP contribution in [0.2, 0.25) is 0 Å². The number of benzene rings is 1. The van der Waals surface area contributed by atoms with Crippen LogP contribution < -0.4 is 5.32 Å². The van der Waals surface area contributed by atoms with Crippen LogP contribution in [0.3, 0.4) is 0 Å². The third-order valence-corrected chi connectivity index (χ3v) is 3.26. The van der Waals surface area contributed by atoms with Crippen molar-refractivity contribution in [3.8, 4) is 6.07 Å². The first-order chi connectivity index (χ1) is 8.33. The molecule has 17 heavy (non-hydrogen) atoms. The van der Waals surface area contributed by atoms with Gasteiger partial charge in [0, 0.05) is 25.7 Å².